The fourth-order valence-electron chi connectivity index (χ4n) is 2.55. The molecule has 0 aliphatic heterocycles. The van der Waals surface area contributed by atoms with Gasteiger partial charge in [0.2, 0.25) is 0 Å². The molecule has 0 bridgehead atoms. The van der Waals surface area contributed by atoms with Gasteiger partial charge in [0.15, 0.2) is 0 Å². The lowest BCUT2D eigenvalue weighted by Gasteiger charge is -2.22. The second-order valence-corrected chi connectivity index (χ2v) is 4.35. The minimum atomic E-state index is 0.0574. The summed E-state index contributed by atoms with van der Waals surface area (Å²) < 4.78 is 1.99. The first-order chi connectivity index (χ1) is 7.86. The normalized spacial score (nSPS) is 25.4. The molecule has 1 fully saturated rings. The van der Waals surface area contributed by atoms with Crippen molar-refractivity contribution in [3.63, 3.8) is 0 Å². The quantitative estimate of drug-likeness (QED) is 0.673. The second kappa shape index (κ2) is 4.86. The van der Waals surface area contributed by atoms with E-state index in [1.807, 2.05) is 22.9 Å². The molecule has 3 heteroatoms. The van der Waals surface area contributed by atoms with E-state index in [0.717, 1.165) is 25.7 Å². The maximum atomic E-state index is 9.20. The third-order valence-electron chi connectivity index (χ3n) is 3.40. The van der Waals surface area contributed by atoms with E-state index in [2.05, 4.69) is 12.1 Å². The SMILES string of the molecule is N#Cc1cccn1C1CCCCCC1C#N. The standard InChI is InChI=1S/C13H15N3/c14-9-11-5-2-1-3-7-13(11)16-8-4-6-12(16)10-15/h4,6,8,11,13H,1-3,5,7H2. The summed E-state index contributed by atoms with van der Waals surface area (Å²) in [5.74, 6) is 0.0574. The average molecular weight is 213 g/mol. The van der Waals surface area contributed by atoms with Gasteiger partial charge in [-0.1, -0.05) is 19.3 Å². The Hall–Kier alpha value is -1.74. The molecule has 2 unspecified atom stereocenters. The fourth-order valence-corrected chi connectivity index (χ4v) is 2.55. The van der Waals surface area contributed by atoms with Crippen molar-refractivity contribution in [2.45, 2.75) is 38.1 Å². The molecule has 3 nitrogen and oxygen atoms in total. The van der Waals surface area contributed by atoms with Gasteiger partial charge in [0.25, 0.3) is 0 Å². The van der Waals surface area contributed by atoms with Crippen molar-refractivity contribution in [3.05, 3.63) is 24.0 Å². The van der Waals surface area contributed by atoms with E-state index in [4.69, 9.17) is 5.26 Å². The number of aromatic nitrogens is 1. The number of nitrogens with zero attached hydrogens (tertiary/aromatic N) is 3. The Kier molecular flexibility index (Phi) is 3.27. The van der Waals surface area contributed by atoms with Crippen LogP contribution in [0.4, 0.5) is 0 Å². The predicted octanol–water partition coefficient (Wildman–Crippen LogP) is 3.00. The monoisotopic (exact) mass is 213 g/mol. The van der Waals surface area contributed by atoms with Crippen LogP contribution in [0.3, 0.4) is 0 Å². The van der Waals surface area contributed by atoms with Crippen molar-refractivity contribution in [1.82, 2.24) is 4.57 Å². The van der Waals surface area contributed by atoms with Crippen molar-refractivity contribution in [1.29, 1.82) is 10.5 Å². The van der Waals surface area contributed by atoms with Crippen LogP contribution < -0.4 is 0 Å². The maximum absolute atomic E-state index is 9.20. The zero-order valence-corrected chi connectivity index (χ0v) is 9.26. The highest BCUT2D eigenvalue weighted by Crippen LogP contribution is 2.33. The van der Waals surface area contributed by atoms with Crippen LogP contribution in [0.25, 0.3) is 0 Å². The average Bonchev–Trinajstić information content (AvgIpc) is 2.66. The number of rotatable bonds is 1. The third-order valence-corrected chi connectivity index (χ3v) is 3.40. The van der Waals surface area contributed by atoms with Crippen molar-refractivity contribution in [2.24, 2.45) is 5.92 Å². The van der Waals surface area contributed by atoms with Gasteiger partial charge in [0.1, 0.15) is 11.8 Å². The molecule has 82 valence electrons. The first kappa shape index (κ1) is 10.8. The topological polar surface area (TPSA) is 52.5 Å². The molecule has 0 aromatic carbocycles. The Balaban J connectivity index is 2.30. The molecular weight excluding hydrogens is 198 g/mol. The van der Waals surface area contributed by atoms with E-state index in [9.17, 15) is 5.26 Å². The van der Waals surface area contributed by atoms with E-state index in [1.165, 1.54) is 6.42 Å². The van der Waals surface area contributed by atoms with Crippen molar-refractivity contribution >= 4 is 0 Å². The summed E-state index contributed by atoms with van der Waals surface area (Å²) in [5.41, 5.74) is 0.673. The molecule has 1 saturated carbocycles. The molecule has 1 aliphatic rings. The minimum Gasteiger partial charge on any atom is -0.335 e. The van der Waals surface area contributed by atoms with Gasteiger partial charge in [0.05, 0.1) is 18.0 Å². The second-order valence-electron chi connectivity index (χ2n) is 4.35. The Labute approximate surface area is 95.9 Å². The van der Waals surface area contributed by atoms with Crippen molar-refractivity contribution in [2.75, 3.05) is 0 Å². The van der Waals surface area contributed by atoms with Crippen molar-refractivity contribution in [3.8, 4) is 12.1 Å². The van der Waals surface area contributed by atoms with Gasteiger partial charge in [-0.15, -0.1) is 0 Å². The number of nitriles is 2. The number of hydrogen-bond donors (Lipinski definition) is 0. The summed E-state index contributed by atoms with van der Waals surface area (Å²) in [6, 6.07) is 8.49. The number of hydrogen-bond acceptors (Lipinski definition) is 2. The van der Waals surface area contributed by atoms with E-state index in [1.54, 1.807) is 0 Å². The summed E-state index contributed by atoms with van der Waals surface area (Å²) in [6.07, 6.45) is 7.41. The lowest BCUT2D eigenvalue weighted by molar-refractivity contribution is 0.371. The lowest BCUT2D eigenvalue weighted by atomic mass is 9.96. The zero-order valence-electron chi connectivity index (χ0n) is 9.26. The lowest BCUT2D eigenvalue weighted by Crippen LogP contribution is -2.17. The first-order valence-electron chi connectivity index (χ1n) is 5.83. The maximum Gasteiger partial charge on any atom is 0.120 e. The van der Waals surface area contributed by atoms with E-state index < -0.39 is 0 Å². The van der Waals surface area contributed by atoms with Gasteiger partial charge in [-0.25, -0.2) is 0 Å². The highest BCUT2D eigenvalue weighted by molar-refractivity contribution is 5.23. The fraction of sp³-hybridized carbons (Fsp3) is 0.538. The van der Waals surface area contributed by atoms with Crippen LogP contribution in [0.5, 0.6) is 0 Å². The molecule has 2 rings (SSSR count). The van der Waals surface area contributed by atoms with Crippen LogP contribution >= 0.6 is 0 Å². The molecular formula is C13H15N3. The van der Waals surface area contributed by atoms with Crippen LogP contribution in [-0.2, 0) is 0 Å². The van der Waals surface area contributed by atoms with Gasteiger partial charge in [0, 0.05) is 6.20 Å². The van der Waals surface area contributed by atoms with Gasteiger partial charge >= 0.3 is 0 Å². The van der Waals surface area contributed by atoms with Crippen LogP contribution in [0, 0.1) is 28.6 Å². The Morgan fingerprint density at radius 1 is 1.19 bits per heavy atom. The first-order valence-corrected chi connectivity index (χ1v) is 5.83. The summed E-state index contributed by atoms with van der Waals surface area (Å²) in [4.78, 5) is 0. The summed E-state index contributed by atoms with van der Waals surface area (Å²) in [5, 5.41) is 18.2. The highest BCUT2D eigenvalue weighted by atomic mass is 15.0. The van der Waals surface area contributed by atoms with E-state index >= 15 is 0 Å². The van der Waals surface area contributed by atoms with E-state index in [0.29, 0.717) is 5.69 Å². The van der Waals surface area contributed by atoms with Gasteiger partial charge < -0.3 is 4.57 Å². The van der Waals surface area contributed by atoms with Gasteiger partial charge in [-0.2, -0.15) is 10.5 Å². The van der Waals surface area contributed by atoms with Gasteiger partial charge in [-0.05, 0) is 25.0 Å². The molecule has 0 spiro atoms. The Morgan fingerprint density at radius 2 is 2.00 bits per heavy atom. The third kappa shape index (κ3) is 1.95. The highest BCUT2D eigenvalue weighted by Gasteiger charge is 2.25. The van der Waals surface area contributed by atoms with E-state index in [-0.39, 0.29) is 12.0 Å². The molecule has 1 aliphatic carbocycles. The summed E-state index contributed by atoms with van der Waals surface area (Å²) in [7, 11) is 0. The molecule has 1 heterocycles. The largest absolute Gasteiger partial charge is 0.335 e. The van der Waals surface area contributed by atoms with Crippen LogP contribution in [0.2, 0.25) is 0 Å². The van der Waals surface area contributed by atoms with Crippen LogP contribution in [0.1, 0.15) is 43.8 Å². The van der Waals surface area contributed by atoms with Gasteiger partial charge in [-0.3, -0.25) is 0 Å². The summed E-state index contributed by atoms with van der Waals surface area (Å²) >= 11 is 0. The molecule has 2 atom stereocenters. The molecule has 0 saturated heterocycles. The molecule has 1 aromatic heterocycles. The smallest absolute Gasteiger partial charge is 0.120 e. The molecule has 16 heavy (non-hydrogen) atoms. The zero-order chi connectivity index (χ0) is 11.4. The Morgan fingerprint density at radius 3 is 2.75 bits per heavy atom. The minimum absolute atomic E-state index is 0.0574. The summed E-state index contributed by atoms with van der Waals surface area (Å²) in [6.45, 7) is 0. The molecule has 1 aromatic rings. The Bertz CT molecular complexity index is 433. The van der Waals surface area contributed by atoms with Crippen LogP contribution in [0.15, 0.2) is 18.3 Å². The molecule has 0 amide bonds. The van der Waals surface area contributed by atoms with Crippen molar-refractivity contribution < 1.29 is 0 Å². The van der Waals surface area contributed by atoms with Crippen LogP contribution in [-0.4, -0.2) is 4.57 Å². The predicted molar refractivity (Wildman–Crippen MR) is 60.4 cm³/mol. The molecule has 0 N–H and O–H groups in total. The molecule has 0 radical (unpaired) electrons.